The Hall–Kier alpha value is -1.81. The Kier molecular flexibility index (Phi) is 4.36. The summed E-state index contributed by atoms with van der Waals surface area (Å²) < 4.78 is 5.43. The van der Waals surface area contributed by atoms with Gasteiger partial charge in [-0.25, -0.2) is 0 Å². The van der Waals surface area contributed by atoms with Crippen LogP contribution in [-0.2, 0) is 11.3 Å². The number of para-hydroxylation sites is 1. The van der Waals surface area contributed by atoms with Crippen molar-refractivity contribution in [2.45, 2.75) is 19.9 Å². The van der Waals surface area contributed by atoms with E-state index in [1.54, 1.807) is 6.26 Å². The van der Waals surface area contributed by atoms with Gasteiger partial charge in [-0.1, -0.05) is 25.1 Å². The van der Waals surface area contributed by atoms with Crippen LogP contribution in [0.2, 0.25) is 0 Å². The van der Waals surface area contributed by atoms with Gasteiger partial charge >= 0.3 is 0 Å². The second-order valence-electron chi connectivity index (χ2n) is 4.21. The van der Waals surface area contributed by atoms with Crippen molar-refractivity contribution in [1.82, 2.24) is 10.6 Å². The molecule has 0 aliphatic rings. The van der Waals surface area contributed by atoms with E-state index in [2.05, 4.69) is 10.6 Å². The van der Waals surface area contributed by atoms with E-state index in [9.17, 15) is 4.79 Å². The average molecular weight is 246 g/mol. The molecule has 4 heteroatoms. The quantitative estimate of drug-likeness (QED) is 0.820. The van der Waals surface area contributed by atoms with Crippen molar-refractivity contribution >= 4 is 16.9 Å². The van der Waals surface area contributed by atoms with E-state index in [-0.39, 0.29) is 5.91 Å². The van der Waals surface area contributed by atoms with Crippen molar-refractivity contribution in [2.24, 2.45) is 0 Å². The standard InChI is InChI=1S/C14H18N2O2/c1-2-7-16-14(17)9-15-8-11-10-18-13-6-4-3-5-12(11)13/h3-6,10,15H,2,7-9H2,1H3,(H,16,17). The van der Waals surface area contributed by atoms with E-state index in [0.717, 1.165) is 29.5 Å². The maximum absolute atomic E-state index is 11.4. The molecule has 1 heterocycles. The lowest BCUT2D eigenvalue weighted by Gasteiger charge is -2.04. The first-order valence-electron chi connectivity index (χ1n) is 6.23. The molecular formula is C14H18N2O2. The molecule has 0 saturated carbocycles. The van der Waals surface area contributed by atoms with Gasteiger partial charge in [-0.15, -0.1) is 0 Å². The summed E-state index contributed by atoms with van der Waals surface area (Å²) in [5.74, 6) is 0.0321. The minimum atomic E-state index is 0.0321. The third-order valence-corrected chi connectivity index (χ3v) is 2.73. The van der Waals surface area contributed by atoms with Gasteiger partial charge < -0.3 is 15.1 Å². The number of hydrogen-bond donors (Lipinski definition) is 2. The zero-order chi connectivity index (χ0) is 12.8. The van der Waals surface area contributed by atoms with Gasteiger partial charge in [-0.3, -0.25) is 4.79 Å². The van der Waals surface area contributed by atoms with Crippen molar-refractivity contribution in [2.75, 3.05) is 13.1 Å². The van der Waals surface area contributed by atoms with E-state index in [4.69, 9.17) is 4.42 Å². The van der Waals surface area contributed by atoms with Gasteiger partial charge in [0, 0.05) is 24.0 Å². The Labute approximate surface area is 106 Å². The van der Waals surface area contributed by atoms with Gasteiger partial charge in [-0.05, 0) is 12.5 Å². The molecule has 2 aromatic rings. The summed E-state index contributed by atoms with van der Waals surface area (Å²) >= 11 is 0. The fourth-order valence-corrected chi connectivity index (χ4v) is 1.81. The molecule has 0 unspecified atom stereocenters. The van der Waals surface area contributed by atoms with Gasteiger partial charge in [0.15, 0.2) is 0 Å². The Morgan fingerprint density at radius 2 is 2.17 bits per heavy atom. The van der Waals surface area contributed by atoms with Crippen LogP contribution in [0, 0.1) is 0 Å². The molecule has 96 valence electrons. The molecule has 4 nitrogen and oxygen atoms in total. The SMILES string of the molecule is CCCNC(=O)CNCc1coc2ccccc12. The molecule has 0 bridgehead atoms. The van der Waals surface area contributed by atoms with Crippen molar-refractivity contribution in [1.29, 1.82) is 0 Å². The smallest absolute Gasteiger partial charge is 0.233 e. The lowest BCUT2D eigenvalue weighted by molar-refractivity contribution is -0.120. The summed E-state index contributed by atoms with van der Waals surface area (Å²) in [5.41, 5.74) is 1.96. The topological polar surface area (TPSA) is 54.3 Å². The highest BCUT2D eigenvalue weighted by Gasteiger charge is 2.05. The summed E-state index contributed by atoms with van der Waals surface area (Å²) in [6.07, 6.45) is 2.69. The molecule has 0 saturated heterocycles. The summed E-state index contributed by atoms with van der Waals surface area (Å²) in [6, 6.07) is 7.89. The third kappa shape index (κ3) is 3.11. The number of fused-ring (bicyclic) bond motifs is 1. The Morgan fingerprint density at radius 1 is 1.33 bits per heavy atom. The molecule has 0 fully saturated rings. The zero-order valence-corrected chi connectivity index (χ0v) is 10.5. The molecule has 0 radical (unpaired) electrons. The summed E-state index contributed by atoms with van der Waals surface area (Å²) in [6.45, 7) is 3.73. The van der Waals surface area contributed by atoms with Gasteiger partial charge in [0.1, 0.15) is 5.58 Å². The summed E-state index contributed by atoms with van der Waals surface area (Å²) in [4.78, 5) is 11.4. The minimum absolute atomic E-state index is 0.0321. The lowest BCUT2D eigenvalue weighted by atomic mass is 10.2. The monoisotopic (exact) mass is 246 g/mol. The number of hydrogen-bond acceptors (Lipinski definition) is 3. The normalized spacial score (nSPS) is 10.7. The van der Waals surface area contributed by atoms with Gasteiger partial charge in [0.25, 0.3) is 0 Å². The van der Waals surface area contributed by atoms with Crippen LogP contribution in [0.15, 0.2) is 34.9 Å². The van der Waals surface area contributed by atoms with Gasteiger partial charge in [0.05, 0.1) is 12.8 Å². The van der Waals surface area contributed by atoms with E-state index in [1.165, 1.54) is 0 Å². The molecule has 0 spiro atoms. The fourth-order valence-electron chi connectivity index (χ4n) is 1.81. The van der Waals surface area contributed by atoms with Crippen LogP contribution in [0.4, 0.5) is 0 Å². The third-order valence-electron chi connectivity index (χ3n) is 2.73. The van der Waals surface area contributed by atoms with Gasteiger partial charge in [0.2, 0.25) is 5.91 Å². The van der Waals surface area contributed by atoms with Crippen LogP contribution in [0.1, 0.15) is 18.9 Å². The van der Waals surface area contributed by atoms with Crippen LogP contribution in [-0.4, -0.2) is 19.0 Å². The maximum atomic E-state index is 11.4. The molecular weight excluding hydrogens is 228 g/mol. The molecule has 1 amide bonds. The van der Waals surface area contributed by atoms with E-state index in [1.807, 2.05) is 31.2 Å². The summed E-state index contributed by atoms with van der Waals surface area (Å²) in [5, 5.41) is 7.04. The van der Waals surface area contributed by atoms with Crippen molar-refractivity contribution in [3.8, 4) is 0 Å². The van der Waals surface area contributed by atoms with Crippen LogP contribution in [0.3, 0.4) is 0 Å². The first-order chi connectivity index (χ1) is 8.81. The predicted octanol–water partition coefficient (Wildman–Crippen LogP) is 2.05. The number of carbonyl (C=O) groups is 1. The van der Waals surface area contributed by atoms with Crippen molar-refractivity contribution < 1.29 is 9.21 Å². The maximum Gasteiger partial charge on any atom is 0.233 e. The van der Waals surface area contributed by atoms with Crippen LogP contribution >= 0.6 is 0 Å². The van der Waals surface area contributed by atoms with Crippen molar-refractivity contribution in [3.05, 3.63) is 36.1 Å². The molecule has 2 N–H and O–H groups in total. The minimum Gasteiger partial charge on any atom is -0.464 e. The Balaban J connectivity index is 1.85. The molecule has 1 aromatic carbocycles. The first kappa shape index (κ1) is 12.6. The number of carbonyl (C=O) groups excluding carboxylic acids is 1. The second-order valence-corrected chi connectivity index (χ2v) is 4.21. The van der Waals surface area contributed by atoms with Crippen LogP contribution in [0.5, 0.6) is 0 Å². The Bertz CT molecular complexity index is 519. The molecule has 1 aromatic heterocycles. The summed E-state index contributed by atoms with van der Waals surface area (Å²) in [7, 11) is 0. The van der Waals surface area contributed by atoms with Gasteiger partial charge in [-0.2, -0.15) is 0 Å². The predicted molar refractivity (Wildman–Crippen MR) is 71.2 cm³/mol. The average Bonchev–Trinajstić information content (AvgIpc) is 2.80. The first-order valence-corrected chi connectivity index (χ1v) is 6.23. The second kappa shape index (κ2) is 6.21. The van der Waals surface area contributed by atoms with Crippen LogP contribution in [0.25, 0.3) is 11.0 Å². The molecule has 2 rings (SSSR count). The molecule has 0 aliphatic heterocycles. The highest BCUT2D eigenvalue weighted by molar-refractivity contribution is 5.81. The lowest BCUT2D eigenvalue weighted by Crippen LogP contribution is -2.33. The number of benzene rings is 1. The van der Waals surface area contributed by atoms with E-state index < -0.39 is 0 Å². The largest absolute Gasteiger partial charge is 0.464 e. The van der Waals surface area contributed by atoms with E-state index >= 15 is 0 Å². The number of rotatable bonds is 6. The Morgan fingerprint density at radius 3 is 3.00 bits per heavy atom. The number of amides is 1. The number of nitrogens with one attached hydrogen (secondary N) is 2. The molecule has 0 atom stereocenters. The van der Waals surface area contributed by atoms with Crippen LogP contribution < -0.4 is 10.6 Å². The fraction of sp³-hybridized carbons (Fsp3) is 0.357. The molecule has 0 aliphatic carbocycles. The van der Waals surface area contributed by atoms with E-state index in [0.29, 0.717) is 13.1 Å². The highest BCUT2D eigenvalue weighted by Crippen LogP contribution is 2.20. The molecule has 18 heavy (non-hydrogen) atoms. The zero-order valence-electron chi connectivity index (χ0n) is 10.5. The van der Waals surface area contributed by atoms with Crippen molar-refractivity contribution in [3.63, 3.8) is 0 Å². The number of furan rings is 1. The highest BCUT2D eigenvalue weighted by atomic mass is 16.3.